The highest BCUT2D eigenvalue weighted by Gasteiger charge is 2.30. The predicted molar refractivity (Wildman–Crippen MR) is 99.7 cm³/mol. The third kappa shape index (κ3) is 3.66. The van der Waals surface area contributed by atoms with Crippen LogP contribution in [0.25, 0.3) is 0 Å². The lowest BCUT2D eigenvalue weighted by Gasteiger charge is -2.35. The number of anilines is 1. The highest BCUT2D eigenvalue weighted by molar-refractivity contribution is 7.89. The molecular weight excluding hydrogens is 350 g/mol. The zero-order valence-electron chi connectivity index (χ0n) is 14.6. The Labute approximate surface area is 154 Å². The number of benzene rings is 2. The number of sulfonamides is 1. The zero-order valence-corrected chi connectivity index (χ0v) is 15.4. The first-order valence-corrected chi connectivity index (χ1v) is 9.97. The second kappa shape index (κ2) is 7.77. The van der Waals surface area contributed by atoms with Gasteiger partial charge in [0.2, 0.25) is 10.0 Å². The zero-order chi connectivity index (χ0) is 18.6. The minimum Gasteiger partial charge on any atom is -0.494 e. The van der Waals surface area contributed by atoms with E-state index in [1.807, 2.05) is 37.3 Å². The summed E-state index contributed by atoms with van der Waals surface area (Å²) in [6.07, 6.45) is 0. The highest BCUT2D eigenvalue weighted by Crippen LogP contribution is 2.24. The van der Waals surface area contributed by atoms with Crippen molar-refractivity contribution in [1.82, 2.24) is 4.31 Å². The summed E-state index contributed by atoms with van der Waals surface area (Å²) in [7, 11) is -3.66. The lowest BCUT2D eigenvalue weighted by Crippen LogP contribution is -2.48. The van der Waals surface area contributed by atoms with Crippen LogP contribution in [0.2, 0.25) is 0 Å². The Bertz CT molecular complexity index is 896. The van der Waals surface area contributed by atoms with Gasteiger partial charge in [0.05, 0.1) is 17.1 Å². The molecular formula is C19H21N3O3S. The largest absolute Gasteiger partial charge is 0.494 e. The van der Waals surface area contributed by atoms with Crippen molar-refractivity contribution in [2.45, 2.75) is 11.8 Å². The molecule has 0 N–H and O–H groups in total. The minimum absolute atomic E-state index is 0.0806. The van der Waals surface area contributed by atoms with E-state index in [1.54, 1.807) is 12.1 Å². The Kier molecular flexibility index (Phi) is 5.45. The molecule has 1 aliphatic rings. The molecule has 2 aromatic rings. The summed E-state index contributed by atoms with van der Waals surface area (Å²) in [6.45, 7) is 4.53. The highest BCUT2D eigenvalue weighted by atomic mass is 32.2. The molecule has 26 heavy (non-hydrogen) atoms. The summed E-state index contributed by atoms with van der Waals surface area (Å²) in [6, 6.07) is 16.1. The molecule has 1 fully saturated rings. The van der Waals surface area contributed by atoms with Gasteiger partial charge in [0.25, 0.3) is 0 Å². The first kappa shape index (κ1) is 18.2. The second-order valence-electron chi connectivity index (χ2n) is 5.93. The van der Waals surface area contributed by atoms with Gasteiger partial charge in [-0.15, -0.1) is 0 Å². The van der Waals surface area contributed by atoms with E-state index in [0.717, 1.165) is 11.4 Å². The predicted octanol–water partition coefficient (Wildman–Crippen LogP) is 2.47. The molecule has 0 radical (unpaired) electrons. The molecule has 0 unspecified atom stereocenters. The monoisotopic (exact) mass is 371 g/mol. The van der Waals surface area contributed by atoms with E-state index in [1.165, 1.54) is 16.4 Å². The number of piperazine rings is 1. The van der Waals surface area contributed by atoms with Crippen LogP contribution in [0.3, 0.4) is 0 Å². The molecule has 0 amide bonds. The Hall–Kier alpha value is -2.56. The van der Waals surface area contributed by atoms with Gasteiger partial charge < -0.3 is 9.64 Å². The van der Waals surface area contributed by atoms with E-state index < -0.39 is 10.0 Å². The molecule has 0 bridgehead atoms. The first-order valence-electron chi connectivity index (χ1n) is 8.53. The summed E-state index contributed by atoms with van der Waals surface area (Å²) in [5.74, 6) is 0.825. The lowest BCUT2D eigenvalue weighted by molar-refractivity contribution is 0.340. The molecule has 6 nitrogen and oxygen atoms in total. The van der Waals surface area contributed by atoms with E-state index in [4.69, 9.17) is 4.74 Å². The first-order chi connectivity index (χ1) is 12.6. The van der Waals surface area contributed by atoms with E-state index in [2.05, 4.69) is 4.90 Å². The fourth-order valence-electron chi connectivity index (χ4n) is 3.03. The lowest BCUT2D eigenvalue weighted by atomic mass is 10.2. The van der Waals surface area contributed by atoms with Gasteiger partial charge in [-0.05, 0) is 43.3 Å². The van der Waals surface area contributed by atoms with Gasteiger partial charge in [-0.25, -0.2) is 8.42 Å². The van der Waals surface area contributed by atoms with Crippen LogP contribution >= 0.6 is 0 Å². The van der Waals surface area contributed by atoms with Crippen LogP contribution in [0.5, 0.6) is 5.75 Å². The molecule has 0 aliphatic carbocycles. The normalized spacial score (nSPS) is 15.5. The summed E-state index contributed by atoms with van der Waals surface area (Å²) in [4.78, 5) is 2.23. The Balaban J connectivity index is 1.71. The average molecular weight is 371 g/mol. The van der Waals surface area contributed by atoms with Crippen LogP contribution < -0.4 is 9.64 Å². The quantitative estimate of drug-likeness (QED) is 0.807. The molecule has 1 heterocycles. The molecule has 0 spiro atoms. The fourth-order valence-corrected chi connectivity index (χ4v) is 4.59. The summed E-state index contributed by atoms with van der Waals surface area (Å²) in [5, 5.41) is 9.18. The fraction of sp³-hybridized carbons (Fsp3) is 0.316. The van der Waals surface area contributed by atoms with Crippen LogP contribution in [-0.2, 0) is 10.0 Å². The van der Waals surface area contributed by atoms with Gasteiger partial charge in [-0.2, -0.15) is 9.57 Å². The van der Waals surface area contributed by atoms with Crippen molar-refractivity contribution in [2.24, 2.45) is 0 Å². The number of nitriles is 1. The standard InChI is InChI=1S/C19H21N3O3S/c1-2-25-18-9-7-17(8-10-18)21-11-13-22(14-12-21)26(23,24)19-6-4-3-5-16(19)15-20/h3-10H,2,11-14H2,1H3. The molecule has 3 rings (SSSR count). The summed E-state index contributed by atoms with van der Waals surface area (Å²) >= 11 is 0. The number of rotatable bonds is 5. The van der Waals surface area contributed by atoms with Crippen LogP contribution in [0.15, 0.2) is 53.4 Å². The average Bonchev–Trinajstić information content (AvgIpc) is 2.69. The van der Waals surface area contributed by atoms with Crippen LogP contribution in [-0.4, -0.2) is 45.5 Å². The van der Waals surface area contributed by atoms with Crippen LogP contribution in [0.4, 0.5) is 5.69 Å². The molecule has 7 heteroatoms. The van der Waals surface area contributed by atoms with E-state index in [0.29, 0.717) is 32.8 Å². The molecule has 136 valence electrons. The van der Waals surface area contributed by atoms with E-state index >= 15 is 0 Å². The Morgan fingerprint density at radius 2 is 1.69 bits per heavy atom. The van der Waals surface area contributed by atoms with Crippen LogP contribution in [0.1, 0.15) is 12.5 Å². The SMILES string of the molecule is CCOc1ccc(N2CCN(S(=O)(=O)c3ccccc3C#N)CC2)cc1. The smallest absolute Gasteiger partial charge is 0.244 e. The number of hydrogen-bond donors (Lipinski definition) is 0. The van der Waals surface area contributed by atoms with E-state index in [-0.39, 0.29) is 10.5 Å². The molecule has 2 aromatic carbocycles. The molecule has 1 saturated heterocycles. The third-order valence-electron chi connectivity index (χ3n) is 4.38. The van der Waals surface area contributed by atoms with Crippen molar-refractivity contribution in [3.05, 3.63) is 54.1 Å². The third-order valence-corrected chi connectivity index (χ3v) is 6.33. The maximum absolute atomic E-state index is 12.9. The molecule has 0 atom stereocenters. The number of hydrogen-bond acceptors (Lipinski definition) is 5. The number of ether oxygens (including phenoxy) is 1. The van der Waals surface area contributed by atoms with Crippen LogP contribution in [0, 0.1) is 11.3 Å². The van der Waals surface area contributed by atoms with Crippen molar-refractivity contribution in [2.75, 3.05) is 37.7 Å². The van der Waals surface area contributed by atoms with Gasteiger partial charge in [-0.1, -0.05) is 12.1 Å². The Morgan fingerprint density at radius 3 is 2.31 bits per heavy atom. The summed E-state index contributed by atoms with van der Waals surface area (Å²) < 4.78 is 32.6. The van der Waals surface area contributed by atoms with E-state index in [9.17, 15) is 13.7 Å². The van der Waals surface area contributed by atoms with Crippen molar-refractivity contribution in [1.29, 1.82) is 5.26 Å². The second-order valence-corrected chi connectivity index (χ2v) is 7.83. The van der Waals surface area contributed by atoms with Crippen molar-refractivity contribution in [3.8, 4) is 11.8 Å². The molecule has 0 aromatic heterocycles. The van der Waals surface area contributed by atoms with Gasteiger partial charge in [-0.3, -0.25) is 0 Å². The maximum Gasteiger partial charge on any atom is 0.244 e. The van der Waals surface area contributed by atoms with Gasteiger partial charge >= 0.3 is 0 Å². The number of nitrogens with zero attached hydrogens (tertiary/aromatic N) is 3. The molecule has 0 saturated carbocycles. The van der Waals surface area contributed by atoms with Gasteiger partial charge in [0.15, 0.2) is 0 Å². The Morgan fingerprint density at radius 1 is 1.04 bits per heavy atom. The molecule has 1 aliphatic heterocycles. The van der Waals surface area contributed by atoms with Crippen molar-refractivity contribution >= 4 is 15.7 Å². The van der Waals surface area contributed by atoms with Crippen molar-refractivity contribution < 1.29 is 13.2 Å². The van der Waals surface area contributed by atoms with Gasteiger partial charge in [0, 0.05) is 31.9 Å². The maximum atomic E-state index is 12.9. The topological polar surface area (TPSA) is 73.6 Å². The van der Waals surface area contributed by atoms with Gasteiger partial charge in [0.1, 0.15) is 11.8 Å². The van der Waals surface area contributed by atoms with Crippen molar-refractivity contribution in [3.63, 3.8) is 0 Å². The summed E-state index contributed by atoms with van der Waals surface area (Å²) in [5.41, 5.74) is 1.23. The minimum atomic E-state index is -3.66.